The molecule has 5 rings (SSSR count). The van der Waals surface area contributed by atoms with Gasteiger partial charge in [0.2, 0.25) is 0 Å². The fraction of sp³-hybridized carbons (Fsp3) is 0.227. The molecule has 1 saturated heterocycles. The molecular weight excluding hydrogens is 399 g/mol. The van der Waals surface area contributed by atoms with Crippen molar-refractivity contribution in [2.45, 2.75) is 12.0 Å². The second-order valence-electron chi connectivity index (χ2n) is 7.74. The van der Waals surface area contributed by atoms with Crippen LogP contribution in [0, 0.1) is 5.82 Å². The molecule has 0 saturated carbocycles. The first-order chi connectivity index (χ1) is 15.1. The minimum atomic E-state index is -0.794. The minimum Gasteiger partial charge on any atom is -0.394 e. The molecular formula is C22H21FN6O2. The third-order valence-corrected chi connectivity index (χ3v) is 5.68. The summed E-state index contributed by atoms with van der Waals surface area (Å²) in [6.45, 7) is 0.895. The molecule has 2 N–H and O–H groups in total. The van der Waals surface area contributed by atoms with Crippen molar-refractivity contribution in [2.75, 3.05) is 24.6 Å². The number of amides is 1. The van der Waals surface area contributed by atoms with Crippen LogP contribution in [0.3, 0.4) is 0 Å². The zero-order chi connectivity index (χ0) is 21.4. The maximum atomic E-state index is 13.1. The number of hydrogen-bond acceptors (Lipinski definition) is 5. The van der Waals surface area contributed by atoms with Gasteiger partial charge in [-0.25, -0.2) is 14.1 Å². The molecule has 0 aliphatic carbocycles. The number of carbonyl (C=O) groups excluding carboxylic acids is 1. The van der Waals surface area contributed by atoms with Crippen LogP contribution in [0.4, 0.5) is 10.2 Å². The van der Waals surface area contributed by atoms with Crippen LogP contribution in [0.1, 0.15) is 16.9 Å². The van der Waals surface area contributed by atoms with E-state index < -0.39 is 5.54 Å². The standard InChI is InChI=1S/C22H21FN6O2/c23-16-3-5-17(6-4-16)29-11-7-18(26-29)21(31)25-22(15-30)8-12-28(14-22)20-19-2-1-10-27(19)13-9-24-20/h1-7,9-11,13,30H,8,12,14-15H2,(H,25,31). The first kappa shape index (κ1) is 19.3. The SMILES string of the molecule is O=C(NC1(CO)CCN(c2nccn3cccc23)C1)c1ccn(-c2ccc(F)cc2)n1. The monoisotopic (exact) mass is 420 g/mol. The quantitative estimate of drug-likeness (QED) is 0.516. The first-order valence-corrected chi connectivity index (χ1v) is 9.99. The van der Waals surface area contributed by atoms with Gasteiger partial charge < -0.3 is 19.7 Å². The van der Waals surface area contributed by atoms with Crippen LogP contribution in [0.2, 0.25) is 0 Å². The highest BCUT2D eigenvalue weighted by Gasteiger charge is 2.40. The number of benzene rings is 1. The summed E-state index contributed by atoms with van der Waals surface area (Å²) in [5, 5.41) is 17.4. The van der Waals surface area contributed by atoms with E-state index in [0.29, 0.717) is 25.2 Å². The van der Waals surface area contributed by atoms with E-state index in [0.717, 1.165) is 11.3 Å². The maximum Gasteiger partial charge on any atom is 0.272 e. The Kier molecular flexibility index (Phi) is 4.67. The molecule has 4 heterocycles. The maximum absolute atomic E-state index is 13.1. The average Bonchev–Trinajstić information content (AvgIpc) is 3.53. The molecule has 1 aliphatic rings. The lowest BCUT2D eigenvalue weighted by molar-refractivity contribution is 0.0849. The number of anilines is 1. The minimum absolute atomic E-state index is 0.196. The molecule has 158 valence electrons. The van der Waals surface area contributed by atoms with Crippen LogP contribution in [-0.4, -0.2) is 55.4 Å². The van der Waals surface area contributed by atoms with E-state index in [1.165, 1.54) is 16.8 Å². The summed E-state index contributed by atoms with van der Waals surface area (Å²) in [5.74, 6) is 0.109. The largest absolute Gasteiger partial charge is 0.394 e. The van der Waals surface area contributed by atoms with E-state index in [9.17, 15) is 14.3 Å². The van der Waals surface area contributed by atoms with E-state index in [4.69, 9.17) is 0 Å². The van der Waals surface area contributed by atoms with Crippen molar-refractivity contribution in [1.82, 2.24) is 24.5 Å². The predicted octanol–water partition coefficient (Wildman–Crippen LogP) is 2.03. The fourth-order valence-electron chi connectivity index (χ4n) is 4.01. The van der Waals surface area contributed by atoms with Crippen molar-refractivity contribution in [3.63, 3.8) is 0 Å². The van der Waals surface area contributed by atoms with Gasteiger partial charge in [0, 0.05) is 37.9 Å². The fourth-order valence-corrected chi connectivity index (χ4v) is 4.01. The van der Waals surface area contributed by atoms with Gasteiger partial charge in [-0.3, -0.25) is 4.79 Å². The van der Waals surface area contributed by atoms with Gasteiger partial charge in [0.1, 0.15) is 5.82 Å². The van der Waals surface area contributed by atoms with Gasteiger partial charge in [0.15, 0.2) is 11.5 Å². The molecule has 8 nitrogen and oxygen atoms in total. The summed E-state index contributed by atoms with van der Waals surface area (Å²) in [6, 6.07) is 11.4. The number of rotatable bonds is 5. The van der Waals surface area contributed by atoms with Gasteiger partial charge in [0.05, 0.1) is 23.3 Å². The van der Waals surface area contributed by atoms with E-state index in [-0.39, 0.29) is 24.0 Å². The second-order valence-corrected chi connectivity index (χ2v) is 7.74. The van der Waals surface area contributed by atoms with E-state index >= 15 is 0 Å². The summed E-state index contributed by atoms with van der Waals surface area (Å²) in [5.41, 5.74) is 1.05. The highest BCUT2D eigenvalue weighted by Crippen LogP contribution is 2.28. The summed E-state index contributed by atoms with van der Waals surface area (Å²) in [6.07, 6.45) is 7.80. The topological polar surface area (TPSA) is 87.7 Å². The summed E-state index contributed by atoms with van der Waals surface area (Å²) < 4.78 is 16.6. The predicted molar refractivity (Wildman–Crippen MR) is 113 cm³/mol. The van der Waals surface area contributed by atoms with Crippen molar-refractivity contribution < 1.29 is 14.3 Å². The van der Waals surface area contributed by atoms with Crippen LogP contribution in [0.15, 0.2) is 67.3 Å². The normalized spacial score (nSPS) is 18.6. The van der Waals surface area contributed by atoms with Crippen molar-refractivity contribution in [3.8, 4) is 5.69 Å². The molecule has 4 aromatic rings. The zero-order valence-electron chi connectivity index (χ0n) is 16.6. The van der Waals surface area contributed by atoms with Crippen LogP contribution in [0.25, 0.3) is 11.2 Å². The Morgan fingerprint density at radius 1 is 1.16 bits per heavy atom. The first-order valence-electron chi connectivity index (χ1n) is 9.99. The molecule has 1 fully saturated rings. The van der Waals surface area contributed by atoms with E-state index in [1.54, 1.807) is 30.6 Å². The van der Waals surface area contributed by atoms with Crippen molar-refractivity contribution in [1.29, 1.82) is 0 Å². The number of halogens is 1. The lowest BCUT2D eigenvalue weighted by Crippen LogP contribution is -2.53. The molecule has 9 heteroatoms. The summed E-state index contributed by atoms with van der Waals surface area (Å²) in [7, 11) is 0. The van der Waals surface area contributed by atoms with Gasteiger partial charge in [-0.1, -0.05) is 0 Å². The molecule has 1 aliphatic heterocycles. The van der Waals surface area contributed by atoms with Gasteiger partial charge in [0.25, 0.3) is 5.91 Å². The van der Waals surface area contributed by atoms with Crippen LogP contribution >= 0.6 is 0 Å². The Balaban J connectivity index is 1.33. The van der Waals surface area contributed by atoms with Crippen molar-refractivity contribution in [2.24, 2.45) is 0 Å². The smallest absolute Gasteiger partial charge is 0.272 e. The second kappa shape index (κ2) is 7.51. The molecule has 1 unspecified atom stereocenters. The van der Waals surface area contributed by atoms with Crippen molar-refractivity contribution in [3.05, 3.63) is 78.8 Å². The third-order valence-electron chi connectivity index (χ3n) is 5.68. The number of nitrogens with one attached hydrogen (secondary N) is 1. The van der Waals surface area contributed by atoms with Crippen molar-refractivity contribution >= 4 is 17.2 Å². The number of aliphatic hydroxyl groups excluding tert-OH is 1. The van der Waals surface area contributed by atoms with Crippen LogP contribution < -0.4 is 10.2 Å². The molecule has 3 aromatic heterocycles. The number of aliphatic hydroxyl groups is 1. The number of hydrogen-bond donors (Lipinski definition) is 2. The molecule has 1 atom stereocenters. The summed E-state index contributed by atoms with van der Waals surface area (Å²) in [4.78, 5) is 19.5. The Morgan fingerprint density at radius 3 is 2.81 bits per heavy atom. The zero-order valence-corrected chi connectivity index (χ0v) is 16.6. The highest BCUT2D eigenvalue weighted by atomic mass is 19.1. The lowest BCUT2D eigenvalue weighted by atomic mass is 9.99. The van der Waals surface area contributed by atoms with Crippen LogP contribution in [-0.2, 0) is 0 Å². The van der Waals surface area contributed by atoms with Gasteiger partial charge in [-0.05, 0) is 48.9 Å². The number of fused-ring (bicyclic) bond motifs is 1. The Labute approximate surface area is 177 Å². The average molecular weight is 420 g/mol. The molecule has 0 spiro atoms. The van der Waals surface area contributed by atoms with E-state index in [2.05, 4.69) is 20.3 Å². The summed E-state index contributed by atoms with van der Waals surface area (Å²) >= 11 is 0. The van der Waals surface area contributed by atoms with Gasteiger partial charge >= 0.3 is 0 Å². The third kappa shape index (κ3) is 3.53. The molecule has 1 amide bonds. The highest BCUT2D eigenvalue weighted by molar-refractivity contribution is 5.93. The van der Waals surface area contributed by atoms with Gasteiger partial charge in [-0.2, -0.15) is 5.10 Å². The lowest BCUT2D eigenvalue weighted by Gasteiger charge is -2.28. The molecule has 1 aromatic carbocycles. The number of carbonyl (C=O) groups is 1. The van der Waals surface area contributed by atoms with Gasteiger partial charge in [-0.15, -0.1) is 0 Å². The molecule has 0 radical (unpaired) electrons. The number of aromatic nitrogens is 4. The Hall–Kier alpha value is -3.72. The number of nitrogens with zero attached hydrogens (tertiary/aromatic N) is 5. The van der Waals surface area contributed by atoms with Crippen LogP contribution in [0.5, 0.6) is 0 Å². The Bertz CT molecular complexity index is 1230. The molecule has 31 heavy (non-hydrogen) atoms. The Morgan fingerprint density at radius 2 is 2.00 bits per heavy atom. The van der Waals surface area contributed by atoms with E-state index in [1.807, 2.05) is 28.9 Å². The molecule has 0 bridgehead atoms.